The summed E-state index contributed by atoms with van der Waals surface area (Å²) in [7, 11) is -2.34. The molecule has 1 heterocycles. The van der Waals surface area contributed by atoms with Crippen LogP contribution in [0.4, 0.5) is 5.82 Å². The quantitative estimate of drug-likeness (QED) is 0.577. The molecular weight excluding hydrogens is 412 g/mol. The van der Waals surface area contributed by atoms with Crippen LogP contribution in [0.3, 0.4) is 0 Å². The number of aromatic nitrogens is 1. The maximum Gasteiger partial charge on any atom is 0.229 e. The first-order chi connectivity index (χ1) is 14.7. The number of amides is 1. The summed E-state index contributed by atoms with van der Waals surface area (Å²) < 4.78 is 34.2. The molecular formula is C24H28N2O4S. The molecule has 0 bridgehead atoms. The molecule has 2 aromatic carbocycles. The van der Waals surface area contributed by atoms with Gasteiger partial charge in [0, 0.05) is 11.7 Å². The van der Waals surface area contributed by atoms with Gasteiger partial charge in [0.1, 0.15) is 16.5 Å². The van der Waals surface area contributed by atoms with Crippen LogP contribution in [0.1, 0.15) is 36.7 Å². The van der Waals surface area contributed by atoms with E-state index in [1.165, 1.54) is 19.2 Å². The number of methoxy groups -OCH3 is 1. The first kappa shape index (κ1) is 22.6. The van der Waals surface area contributed by atoms with Crippen molar-refractivity contribution >= 4 is 21.6 Å². The van der Waals surface area contributed by atoms with Crippen LogP contribution in [-0.2, 0) is 21.1 Å². The first-order valence-electron chi connectivity index (χ1n) is 10.1. The Morgan fingerprint density at radius 3 is 2.19 bits per heavy atom. The summed E-state index contributed by atoms with van der Waals surface area (Å²) in [6, 6.07) is 15.6. The van der Waals surface area contributed by atoms with Gasteiger partial charge in [-0.05, 0) is 63.1 Å². The smallest absolute Gasteiger partial charge is 0.229 e. The molecule has 7 heteroatoms. The molecule has 0 radical (unpaired) electrons. The van der Waals surface area contributed by atoms with Gasteiger partial charge in [-0.15, -0.1) is 0 Å². The molecule has 164 valence electrons. The Kier molecular flexibility index (Phi) is 6.55. The van der Waals surface area contributed by atoms with E-state index < -0.39 is 9.84 Å². The van der Waals surface area contributed by atoms with Gasteiger partial charge in [-0.25, -0.2) is 8.42 Å². The van der Waals surface area contributed by atoms with Crippen molar-refractivity contribution < 1.29 is 17.9 Å². The van der Waals surface area contributed by atoms with Crippen molar-refractivity contribution in [3.63, 3.8) is 0 Å². The molecule has 0 atom stereocenters. The second-order valence-corrected chi connectivity index (χ2v) is 9.63. The number of benzene rings is 2. The molecule has 0 saturated carbocycles. The van der Waals surface area contributed by atoms with Gasteiger partial charge < -0.3 is 14.6 Å². The van der Waals surface area contributed by atoms with Crippen molar-refractivity contribution in [1.82, 2.24) is 4.57 Å². The number of nitrogens with one attached hydrogen (secondary N) is 1. The third kappa shape index (κ3) is 4.51. The third-order valence-electron chi connectivity index (χ3n) is 5.32. The number of carbonyl (C=O) groups is 1. The average Bonchev–Trinajstić information content (AvgIpc) is 2.99. The Morgan fingerprint density at radius 1 is 1.03 bits per heavy atom. The van der Waals surface area contributed by atoms with E-state index in [1.54, 1.807) is 19.1 Å². The van der Waals surface area contributed by atoms with Gasteiger partial charge in [-0.1, -0.05) is 30.3 Å². The van der Waals surface area contributed by atoms with E-state index in [-0.39, 0.29) is 28.2 Å². The third-order valence-corrected chi connectivity index (χ3v) is 7.25. The van der Waals surface area contributed by atoms with Crippen LogP contribution >= 0.6 is 0 Å². The SMILES string of the molecule is COc1ccc(S(=O)(=O)c2c(C)c(C)n(C(C)C)c2NC(=O)Cc2ccccc2)cc1. The van der Waals surface area contributed by atoms with Gasteiger partial charge in [0.25, 0.3) is 0 Å². The molecule has 6 nitrogen and oxygen atoms in total. The Labute approximate surface area is 183 Å². The molecule has 0 saturated heterocycles. The van der Waals surface area contributed by atoms with Crippen LogP contribution < -0.4 is 10.1 Å². The van der Waals surface area contributed by atoms with Crippen molar-refractivity contribution in [3.8, 4) is 5.75 Å². The number of sulfone groups is 1. The van der Waals surface area contributed by atoms with E-state index in [2.05, 4.69) is 5.32 Å². The van der Waals surface area contributed by atoms with Crippen LogP contribution in [0.15, 0.2) is 64.4 Å². The normalized spacial score (nSPS) is 11.5. The number of nitrogens with zero attached hydrogens (tertiary/aromatic N) is 1. The van der Waals surface area contributed by atoms with Crippen molar-refractivity contribution in [2.45, 2.75) is 49.9 Å². The number of anilines is 1. The monoisotopic (exact) mass is 440 g/mol. The number of hydrogen-bond donors (Lipinski definition) is 1. The van der Waals surface area contributed by atoms with Crippen molar-refractivity contribution in [2.24, 2.45) is 0 Å². The van der Waals surface area contributed by atoms with Gasteiger partial charge in [0.2, 0.25) is 15.7 Å². The lowest BCUT2D eigenvalue weighted by Crippen LogP contribution is -2.20. The minimum absolute atomic E-state index is 0.0365. The second-order valence-electron chi connectivity index (χ2n) is 7.74. The minimum Gasteiger partial charge on any atom is -0.497 e. The van der Waals surface area contributed by atoms with Crippen LogP contribution in [0.2, 0.25) is 0 Å². The molecule has 0 spiro atoms. The lowest BCUT2D eigenvalue weighted by atomic mass is 10.1. The number of carbonyl (C=O) groups excluding carboxylic acids is 1. The fourth-order valence-corrected chi connectivity index (χ4v) is 5.41. The lowest BCUT2D eigenvalue weighted by Gasteiger charge is -2.17. The van der Waals surface area contributed by atoms with E-state index in [4.69, 9.17) is 4.74 Å². The zero-order chi connectivity index (χ0) is 22.8. The Hall–Kier alpha value is -3.06. The molecule has 0 aliphatic heterocycles. The topological polar surface area (TPSA) is 77.4 Å². The van der Waals surface area contributed by atoms with Crippen LogP contribution in [-0.4, -0.2) is 26.0 Å². The highest BCUT2D eigenvalue weighted by Crippen LogP contribution is 2.37. The number of ether oxygens (including phenoxy) is 1. The standard InChI is InChI=1S/C24H28N2O4S/c1-16(2)26-18(4)17(3)23(31(28,29)21-13-11-20(30-5)12-14-21)24(26)25-22(27)15-19-9-7-6-8-10-19/h6-14,16H,15H2,1-5H3,(H,25,27). The first-order valence-corrected chi connectivity index (χ1v) is 11.6. The largest absolute Gasteiger partial charge is 0.497 e. The molecule has 1 N–H and O–H groups in total. The summed E-state index contributed by atoms with van der Waals surface area (Å²) in [6.45, 7) is 7.57. The summed E-state index contributed by atoms with van der Waals surface area (Å²) in [5, 5.41) is 2.89. The van der Waals surface area contributed by atoms with Crippen molar-refractivity contribution in [3.05, 3.63) is 71.4 Å². The molecule has 0 fully saturated rings. The summed E-state index contributed by atoms with van der Waals surface area (Å²) in [5.41, 5.74) is 2.28. The second kappa shape index (κ2) is 8.98. The lowest BCUT2D eigenvalue weighted by molar-refractivity contribution is -0.115. The van der Waals surface area contributed by atoms with E-state index in [9.17, 15) is 13.2 Å². The molecule has 1 amide bonds. The predicted octanol–water partition coefficient (Wildman–Crippen LogP) is 4.71. The Bertz CT molecular complexity index is 1180. The van der Waals surface area contributed by atoms with Crippen LogP contribution in [0.25, 0.3) is 0 Å². The van der Waals surface area contributed by atoms with E-state index in [1.807, 2.05) is 55.7 Å². The van der Waals surface area contributed by atoms with Gasteiger partial charge in [0.15, 0.2) is 0 Å². The fraction of sp³-hybridized carbons (Fsp3) is 0.292. The van der Waals surface area contributed by atoms with Gasteiger partial charge in [0.05, 0.1) is 18.4 Å². The maximum atomic E-state index is 13.6. The summed E-state index contributed by atoms with van der Waals surface area (Å²) in [6.07, 6.45) is 0.157. The fourth-order valence-electron chi connectivity index (χ4n) is 3.72. The average molecular weight is 441 g/mol. The molecule has 3 rings (SSSR count). The summed E-state index contributed by atoms with van der Waals surface area (Å²) in [4.78, 5) is 13.1. The number of rotatable bonds is 7. The van der Waals surface area contributed by atoms with E-state index >= 15 is 0 Å². The zero-order valence-electron chi connectivity index (χ0n) is 18.5. The molecule has 31 heavy (non-hydrogen) atoms. The van der Waals surface area contributed by atoms with Crippen molar-refractivity contribution in [2.75, 3.05) is 12.4 Å². The highest BCUT2D eigenvalue weighted by Gasteiger charge is 2.31. The van der Waals surface area contributed by atoms with Gasteiger partial charge >= 0.3 is 0 Å². The summed E-state index contributed by atoms with van der Waals surface area (Å²) in [5.74, 6) is 0.613. The Morgan fingerprint density at radius 2 is 1.65 bits per heavy atom. The van der Waals surface area contributed by atoms with E-state index in [0.29, 0.717) is 17.1 Å². The molecule has 1 aromatic heterocycles. The zero-order valence-corrected chi connectivity index (χ0v) is 19.3. The Balaban J connectivity index is 2.09. The van der Waals surface area contributed by atoms with Gasteiger partial charge in [-0.3, -0.25) is 4.79 Å². The number of hydrogen-bond acceptors (Lipinski definition) is 4. The van der Waals surface area contributed by atoms with Gasteiger partial charge in [-0.2, -0.15) is 0 Å². The van der Waals surface area contributed by atoms with Crippen LogP contribution in [0, 0.1) is 13.8 Å². The molecule has 0 unspecified atom stereocenters. The molecule has 0 aliphatic rings. The maximum absolute atomic E-state index is 13.6. The van der Waals surface area contributed by atoms with Crippen LogP contribution in [0.5, 0.6) is 5.75 Å². The van der Waals surface area contributed by atoms with E-state index in [0.717, 1.165) is 11.3 Å². The highest BCUT2D eigenvalue weighted by atomic mass is 32.2. The molecule has 0 aliphatic carbocycles. The summed E-state index contributed by atoms with van der Waals surface area (Å²) >= 11 is 0. The predicted molar refractivity (Wildman–Crippen MR) is 122 cm³/mol. The molecule has 3 aromatic rings. The minimum atomic E-state index is -3.87. The van der Waals surface area contributed by atoms with Crippen molar-refractivity contribution in [1.29, 1.82) is 0 Å². The highest BCUT2D eigenvalue weighted by molar-refractivity contribution is 7.91.